The molecule has 0 aliphatic heterocycles. The van der Waals surface area contributed by atoms with Gasteiger partial charge in [-0.15, -0.1) is 0 Å². The number of hydrogen-bond donors (Lipinski definition) is 1. The molecule has 2 aliphatic rings. The monoisotopic (exact) mass is 255 g/mol. The minimum Gasteiger partial charge on any atom is -0.361 e. The number of hydrogen-bond acceptors (Lipinski definition) is 2. The fourth-order valence-electron chi connectivity index (χ4n) is 3.79. The van der Waals surface area contributed by atoms with Gasteiger partial charge in [0, 0.05) is 22.9 Å². The molecule has 0 radical (unpaired) electrons. The van der Waals surface area contributed by atoms with Crippen molar-refractivity contribution in [1.82, 2.24) is 0 Å². The number of nitrogens with one attached hydrogen (secondary N) is 1. The molecule has 100 valence electrons. The Hall–Kier alpha value is -1.57. The van der Waals surface area contributed by atoms with Crippen LogP contribution in [0.3, 0.4) is 0 Å². The molecule has 0 unspecified atom stereocenters. The zero-order valence-electron chi connectivity index (χ0n) is 11.9. The Morgan fingerprint density at radius 3 is 2.47 bits per heavy atom. The van der Waals surface area contributed by atoms with E-state index < -0.39 is 0 Å². The molecule has 0 spiro atoms. The number of rotatable bonds is 2. The van der Waals surface area contributed by atoms with Crippen LogP contribution in [-0.4, -0.2) is 5.78 Å². The molecule has 1 N–H and O–H groups in total. The maximum absolute atomic E-state index is 12.6. The summed E-state index contributed by atoms with van der Waals surface area (Å²) in [7, 11) is 0. The zero-order chi connectivity index (χ0) is 13.7. The standard InChI is InChI=1S/C17H21NO/c1-16(2)14-9-10-17(16,3)15(19)13(14)11-18-12-7-5-4-6-8-12/h4-8,11,14,18H,9-10H2,1-3H3/b13-11-/t14-,17-/m1/s1. The van der Waals surface area contributed by atoms with Crippen LogP contribution in [-0.2, 0) is 4.79 Å². The van der Waals surface area contributed by atoms with Crippen molar-refractivity contribution < 1.29 is 4.79 Å². The Morgan fingerprint density at radius 1 is 1.21 bits per heavy atom. The first-order valence-electron chi connectivity index (χ1n) is 7.03. The number of anilines is 1. The molecule has 0 amide bonds. The third-order valence-corrected chi connectivity index (χ3v) is 5.53. The van der Waals surface area contributed by atoms with E-state index >= 15 is 0 Å². The quantitative estimate of drug-likeness (QED) is 0.809. The van der Waals surface area contributed by atoms with Crippen molar-refractivity contribution in [2.45, 2.75) is 33.6 Å². The van der Waals surface area contributed by atoms with E-state index in [1.807, 2.05) is 36.5 Å². The number of carbonyl (C=O) groups excluding carboxylic acids is 1. The van der Waals surface area contributed by atoms with Crippen molar-refractivity contribution in [3.05, 3.63) is 42.1 Å². The van der Waals surface area contributed by atoms with Crippen LogP contribution in [0.25, 0.3) is 0 Å². The van der Waals surface area contributed by atoms with Crippen LogP contribution < -0.4 is 5.32 Å². The highest BCUT2D eigenvalue weighted by Gasteiger charge is 2.63. The maximum atomic E-state index is 12.6. The number of Topliss-reactive ketones (excluding diaryl/α,β-unsaturated/α-hetero) is 1. The largest absolute Gasteiger partial charge is 0.361 e. The van der Waals surface area contributed by atoms with Gasteiger partial charge in [0.1, 0.15) is 0 Å². The van der Waals surface area contributed by atoms with Crippen LogP contribution >= 0.6 is 0 Å². The third kappa shape index (κ3) is 1.59. The molecular weight excluding hydrogens is 234 g/mol. The fraction of sp³-hybridized carbons (Fsp3) is 0.471. The van der Waals surface area contributed by atoms with Gasteiger partial charge in [-0.25, -0.2) is 0 Å². The second kappa shape index (κ2) is 3.96. The molecule has 0 aromatic heterocycles. The van der Waals surface area contributed by atoms with Crippen LogP contribution in [0.4, 0.5) is 5.69 Å². The van der Waals surface area contributed by atoms with Gasteiger partial charge in [0.05, 0.1) is 0 Å². The van der Waals surface area contributed by atoms with Crippen LogP contribution in [0.2, 0.25) is 0 Å². The predicted octanol–water partition coefficient (Wildman–Crippen LogP) is 4.01. The van der Waals surface area contributed by atoms with Gasteiger partial charge in [-0.05, 0) is 36.3 Å². The Balaban J connectivity index is 1.89. The van der Waals surface area contributed by atoms with Gasteiger partial charge in [0.25, 0.3) is 0 Å². The highest BCUT2D eigenvalue weighted by molar-refractivity contribution is 6.04. The van der Waals surface area contributed by atoms with Gasteiger partial charge >= 0.3 is 0 Å². The average molecular weight is 255 g/mol. The number of carbonyl (C=O) groups is 1. The molecule has 1 aromatic carbocycles. The van der Waals surface area contributed by atoms with Crippen molar-refractivity contribution >= 4 is 11.5 Å². The van der Waals surface area contributed by atoms with E-state index in [2.05, 4.69) is 26.1 Å². The fourth-order valence-corrected chi connectivity index (χ4v) is 3.79. The molecule has 2 atom stereocenters. The number of para-hydroxylation sites is 1. The Kier molecular flexibility index (Phi) is 2.60. The molecule has 0 heterocycles. The van der Waals surface area contributed by atoms with E-state index in [-0.39, 0.29) is 10.8 Å². The normalized spacial score (nSPS) is 33.9. The van der Waals surface area contributed by atoms with E-state index in [4.69, 9.17) is 0 Å². The molecule has 2 aliphatic carbocycles. The lowest BCUT2D eigenvalue weighted by Gasteiger charge is -2.31. The summed E-state index contributed by atoms with van der Waals surface area (Å²) in [6.07, 6.45) is 4.11. The SMILES string of the molecule is CC1(C)[C@@H]2CC[C@]1(C)C(=O)/C2=C\Nc1ccccc1. The molecule has 19 heavy (non-hydrogen) atoms. The van der Waals surface area contributed by atoms with E-state index in [9.17, 15) is 4.79 Å². The highest BCUT2D eigenvalue weighted by Crippen LogP contribution is 2.65. The number of fused-ring (bicyclic) bond motifs is 2. The number of ketones is 1. The molecule has 2 bridgehead atoms. The van der Waals surface area contributed by atoms with Gasteiger partial charge in [0.15, 0.2) is 5.78 Å². The Labute approximate surface area is 114 Å². The summed E-state index contributed by atoms with van der Waals surface area (Å²) in [6, 6.07) is 10.0. The minimum absolute atomic E-state index is 0.0916. The topological polar surface area (TPSA) is 29.1 Å². The van der Waals surface area contributed by atoms with Crippen LogP contribution in [0, 0.1) is 16.7 Å². The van der Waals surface area contributed by atoms with Crippen LogP contribution in [0.1, 0.15) is 33.6 Å². The van der Waals surface area contributed by atoms with Crippen molar-refractivity contribution in [2.75, 3.05) is 5.32 Å². The van der Waals surface area contributed by atoms with Gasteiger partial charge in [-0.1, -0.05) is 39.0 Å². The molecular formula is C17H21NO. The summed E-state index contributed by atoms with van der Waals surface area (Å²) in [5.41, 5.74) is 1.95. The smallest absolute Gasteiger partial charge is 0.167 e. The maximum Gasteiger partial charge on any atom is 0.167 e. The highest BCUT2D eigenvalue weighted by atomic mass is 16.1. The van der Waals surface area contributed by atoms with Crippen molar-refractivity contribution in [1.29, 1.82) is 0 Å². The Morgan fingerprint density at radius 2 is 1.89 bits per heavy atom. The summed E-state index contributed by atoms with van der Waals surface area (Å²) < 4.78 is 0. The predicted molar refractivity (Wildman–Crippen MR) is 77.8 cm³/mol. The first kappa shape index (κ1) is 12.5. The average Bonchev–Trinajstić information content (AvgIpc) is 2.70. The van der Waals surface area contributed by atoms with Gasteiger partial charge in [0.2, 0.25) is 0 Å². The van der Waals surface area contributed by atoms with Crippen molar-refractivity contribution in [3.63, 3.8) is 0 Å². The lowest BCUT2D eigenvalue weighted by Crippen LogP contribution is -2.32. The van der Waals surface area contributed by atoms with E-state index in [1.165, 1.54) is 0 Å². The molecule has 2 fully saturated rings. The number of benzene rings is 1. The summed E-state index contributed by atoms with van der Waals surface area (Å²) in [6.45, 7) is 6.62. The summed E-state index contributed by atoms with van der Waals surface area (Å²) >= 11 is 0. The lowest BCUT2D eigenvalue weighted by molar-refractivity contribution is -0.125. The zero-order valence-corrected chi connectivity index (χ0v) is 11.9. The van der Waals surface area contributed by atoms with Gasteiger partial charge in [-0.2, -0.15) is 0 Å². The van der Waals surface area contributed by atoms with E-state index in [0.717, 1.165) is 24.1 Å². The summed E-state index contributed by atoms with van der Waals surface area (Å²) in [4.78, 5) is 12.6. The van der Waals surface area contributed by atoms with Crippen LogP contribution in [0.5, 0.6) is 0 Å². The molecule has 0 saturated heterocycles. The van der Waals surface area contributed by atoms with E-state index in [1.54, 1.807) is 0 Å². The second-order valence-corrected chi connectivity index (χ2v) is 6.58. The molecule has 2 nitrogen and oxygen atoms in total. The van der Waals surface area contributed by atoms with Crippen molar-refractivity contribution in [2.24, 2.45) is 16.7 Å². The van der Waals surface area contributed by atoms with Gasteiger partial charge in [-0.3, -0.25) is 4.79 Å². The lowest BCUT2D eigenvalue weighted by atomic mass is 9.70. The molecule has 3 rings (SSSR count). The second-order valence-electron chi connectivity index (χ2n) is 6.58. The molecule has 2 saturated carbocycles. The number of allylic oxidation sites excluding steroid dienone is 1. The van der Waals surface area contributed by atoms with E-state index in [0.29, 0.717) is 11.7 Å². The summed E-state index contributed by atoms with van der Waals surface area (Å²) in [5, 5.41) is 3.27. The van der Waals surface area contributed by atoms with Crippen LogP contribution in [0.15, 0.2) is 42.1 Å². The third-order valence-electron chi connectivity index (χ3n) is 5.53. The van der Waals surface area contributed by atoms with Gasteiger partial charge < -0.3 is 5.32 Å². The molecule has 1 aromatic rings. The summed E-state index contributed by atoms with van der Waals surface area (Å²) in [5.74, 6) is 0.749. The minimum atomic E-state index is -0.165. The van der Waals surface area contributed by atoms with Crippen molar-refractivity contribution in [3.8, 4) is 0 Å². The molecule has 2 heteroatoms. The first-order chi connectivity index (χ1) is 8.97. The first-order valence-corrected chi connectivity index (χ1v) is 7.03. The Bertz CT molecular complexity index is 544.